The third-order valence-corrected chi connectivity index (χ3v) is 5.78. The van der Waals surface area contributed by atoms with E-state index in [1.807, 2.05) is 0 Å². The molecule has 1 fully saturated rings. The highest BCUT2D eigenvalue weighted by Crippen LogP contribution is 2.31. The molecule has 2 aliphatic heterocycles. The number of hydrogen-bond acceptors (Lipinski definition) is 5. The van der Waals surface area contributed by atoms with Crippen LogP contribution in [0, 0.1) is 0 Å². The van der Waals surface area contributed by atoms with E-state index in [1.165, 1.54) is 11.0 Å². The SMILES string of the molecule is CN(CCC(=O)O)C(=O)[C@@H]1CCCN1C1=NS(=O)(=O)c2ccccc21. The maximum absolute atomic E-state index is 12.7. The Morgan fingerprint density at radius 1 is 1.36 bits per heavy atom. The molecule has 0 saturated carbocycles. The van der Waals surface area contributed by atoms with Crippen molar-refractivity contribution in [3.8, 4) is 0 Å². The molecule has 0 radical (unpaired) electrons. The van der Waals surface area contributed by atoms with Crippen molar-refractivity contribution in [3.05, 3.63) is 29.8 Å². The highest BCUT2D eigenvalue weighted by molar-refractivity contribution is 7.90. The highest BCUT2D eigenvalue weighted by atomic mass is 32.2. The van der Waals surface area contributed by atoms with E-state index >= 15 is 0 Å². The first kappa shape index (κ1) is 17.4. The van der Waals surface area contributed by atoms with Gasteiger partial charge in [-0.2, -0.15) is 8.42 Å². The molecule has 2 aliphatic rings. The number of carboxylic acid groups (broad SMARTS) is 1. The summed E-state index contributed by atoms with van der Waals surface area (Å²) in [7, 11) is -2.18. The van der Waals surface area contributed by atoms with Crippen LogP contribution in [0.5, 0.6) is 0 Å². The summed E-state index contributed by atoms with van der Waals surface area (Å²) in [5.74, 6) is -0.885. The van der Waals surface area contributed by atoms with Crippen LogP contribution in [0.4, 0.5) is 0 Å². The summed E-state index contributed by atoms with van der Waals surface area (Å²) in [6.45, 7) is 0.645. The van der Waals surface area contributed by atoms with Gasteiger partial charge in [-0.05, 0) is 25.0 Å². The number of amidine groups is 1. The second-order valence-electron chi connectivity index (χ2n) is 6.14. The van der Waals surface area contributed by atoms with Crippen LogP contribution in [0.2, 0.25) is 0 Å². The van der Waals surface area contributed by atoms with E-state index < -0.39 is 22.0 Å². The molecule has 1 aromatic carbocycles. The number of carboxylic acids is 1. The Balaban J connectivity index is 1.86. The summed E-state index contributed by atoms with van der Waals surface area (Å²) in [5, 5.41) is 8.77. The lowest BCUT2D eigenvalue weighted by molar-refractivity contribution is -0.138. The topological polar surface area (TPSA) is 107 Å². The van der Waals surface area contributed by atoms with E-state index in [-0.39, 0.29) is 23.8 Å². The molecular formula is C16H19N3O5S. The predicted molar refractivity (Wildman–Crippen MR) is 89.8 cm³/mol. The van der Waals surface area contributed by atoms with Gasteiger partial charge in [0, 0.05) is 25.7 Å². The number of carbonyl (C=O) groups excluding carboxylic acids is 1. The number of fused-ring (bicyclic) bond motifs is 1. The Bertz CT molecular complexity index is 849. The molecule has 1 saturated heterocycles. The molecule has 1 aromatic rings. The van der Waals surface area contributed by atoms with E-state index in [0.717, 1.165) is 6.42 Å². The number of aliphatic carboxylic acids is 1. The average Bonchev–Trinajstić information content (AvgIpc) is 3.15. The van der Waals surface area contributed by atoms with Crippen molar-refractivity contribution < 1.29 is 23.1 Å². The fourth-order valence-electron chi connectivity index (χ4n) is 3.20. The van der Waals surface area contributed by atoms with Gasteiger partial charge in [0.15, 0.2) is 5.84 Å². The van der Waals surface area contributed by atoms with Crippen LogP contribution >= 0.6 is 0 Å². The van der Waals surface area contributed by atoms with Crippen LogP contribution in [0.25, 0.3) is 0 Å². The van der Waals surface area contributed by atoms with Gasteiger partial charge in [0.1, 0.15) is 10.9 Å². The Morgan fingerprint density at radius 3 is 2.80 bits per heavy atom. The molecule has 134 valence electrons. The van der Waals surface area contributed by atoms with Crippen molar-refractivity contribution in [1.82, 2.24) is 9.80 Å². The minimum atomic E-state index is -3.74. The number of hydrogen-bond donors (Lipinski definition) is 1. The Morgan fingerprint density at radius 2 is 2.08 bits per heavy atom. The van der Waals surface area contributed by atoms with E-state index in [2.05, 4.69) is 4.40 Å². The Labute approximate surface area is 145 Å². The predicted octanol–water partition coefficient (Wildman–Crippen LogP) is 0.533. The zero-order valence-electron chi connectivity index (χ0n) is 13.8. The van der Waals surface area contributed by atoms with Crippen LogP contribution in [-0.2, 0) is 19.6 Å². The molecule has 1 atom stereocenters. The van der Waals surface area contributed by atoms with Crippen LogP contribution < -0.4 is 0 Å². The molecule has 0 bridgehead atoms. The quantitative estimate of drug-likeness (QED) is 0.834. The lowest BCUT2D eigenvalue weighted by Crippen LogP contribution is -2.47. The molecular weight excluding hydrogens is 346 g/mol. The number of likely N-dealkylation sites (tertiary alicyclic amines) is 1. The summed E-state index contributed by atoms with van der Waals surface area (Å²) in [4.78, 5) is 26.6. The maximum atomic E-state index is 12.7. The first-order chi connectivity index (χ1) is 11.8. The number of sulfonamides is 1. The first-order valence-electron chi connectivity index (χ1n) is 7.99. The van der Waals surface area contributed by atoms with Crippen LogP contribution in [0.1, 0.15) is 24.8 Å². The fraction of sp³-hybridized carbons (Fsp3) is 0.438. The van der Waals surface area contributed by atoms with Gasteiger partial charge >= 0.3 is 5.97 Å². The monoisotopic (exact) mass is 365 g/mol. The zero-order chi connectivity index (χ0) is 18.2. The molecule has 3 rings (SSSR count). The second kappa shape index (κ2) is 6.47. The third kappa shape index (κ3) is 3.23. The first-order valence-corrected chi connectivity index (χ1v) is 9.43. The largest absolute Gasteiger partial charge is 0.481 e. The number of benzene rings is 1. The molecule has 0 aliphatic carbocycles. The van der Waals surface area contributed by atoms with Gasteiger partial charge < -0.3 is 14.9 Å². The number of carbonyl (C=O) groups is 2. The van der Waals surface area contributed by atoms with Crippen molar-refractivity contribution in [2.75, 3.05) is 20.1 Å². The van der Waals surface area contributed by atoms with Crippen molar-refractivity contribution >= 4 is 27.7 Å². The lowest BCUT2D eigenvalue weighted by Gasteiger charge is -2.29. The average molecular weight is 365 g/mol. The summed E-state index contributed by atoms with van der Waals surface area (Å²) >= 11 is 0. The molecule has 8 nitrogen and oxygen atoms in total. The maximum Gasteiger partial charge on any atom is 0.305 e. The zero-order valence-corrected chi connectivity index (χ0v) is 14.6. The molecule has 0 spiro atoms. The fourth-order valence-corrected chi connectivity index (χ4v) is 4.42. The van der Waals surface area contributed by atoms with E-state index in [0.29, 0.717) is 24.4 Å². The summed E-state index contributed by atoms with van der Waals surface area (Å²) in [6, 6.07) is 6.04. The van der Waals surface area contributed by atoms with E-state index in [1.54, 1.807) is 30.1 Å². The molecule has 1 N–H and O–H groups in total. The van der Waals surface area contributed by atoms with Crippen molar-refractivity contribution in [1.29, 1.82) is 0 Å². The normalized spacial score (nSPS) is 20.9. The Hall–Kier alpha value is -2.42. The summed E-state index contributed by atoms with van der Waals surface area (Å²) in [6.07, 6.45) is 1.19. The van der Waals surface area contributed by atoms with E-state index in [9.17, 15) is 18.0 Å². The van der Waals surface area contributed by atoms with Crippen LogP contribution in [0.15, 0.2) is 33.6 Å². The second-order valence-corrected chi connectivity index (χ2v) is 7.71. The smallest absolute Gasteiger partial charge is 0.305 e. The molecule has 0 aromatic heterocycles. The van der Waals surface area contributed by atoms with E-state index in [4.69, 9.17) is 5.11 Å². The molecule has 0 unspecified atom stereocenters. The summed E-state index contributed by atoms with van der Waals surface area (Å²) in [5.41, 5.74) is 0.510. The number of likely N-dealkylation sites (N-methyl/N-ethyl adjacent to an activating group) is 1. The van der Waals surface area contributed by atoms with Crippen LogP contribution in [0.3, 0.4) is 0 Å². The lowest BCUT2D eigenvalue weighted by atomic mass is 10.1. The summed E-state index contributed by atoms with van der Waals surface area (Å²) < 4.78 is 28.4. The van der Waals surface area contributed by atoms with Gasteiger partial charge in [-0.1, -0.05) is 12.1 Å². The number of nitrogens with zero attached hydrogens (tertiary/aromatic N) is 3. The van der Waals surface area contributed by atoms with Crippen molar-refractivity contribution in [3.63, 3.8) is 0 Å². The Kier molecular flexibility index (Phi) is 4.51. The van der Waals surface area contributed by atoms with Crippen molar-refractivity contribution in [2.24, 2.45) is 4.40 Å². The van der Waals surface area contributed by atoms with Gasteiger partial charge in [0.25, 0.3) is 10.0 Å². The molecule has 9 heteroatoms. The van der Waals surface area contributed by atoms with Gasteiger partial charge in [-0.25, -0.2) is 0 Å². The van der Waals surface area contributed by atoms with Crippen LogP contribution in [-0.4, -0.2) is 67.2 Å². The number of amides is 1. The highest BCUT2D eigenvalue weighted by Gasteiger charge is 2.39. The molecule has 1 amide bonds. The minimum absolute atomic E-state index is 0.111. The van der Waals surface area contributed by atoms with Gasteiger partial charge in [0.05, 0.1) is 6.42 Å². The standard InChI is InChI=1S/C16H19N3O5S/c1-18(10-8-14(20)21)16(22)12-6-4-9-19(12)15-11-5-2-3-7-13(11)25(23,24)17-15/h2-3,5,7,12H,4,6,8-10H2,1H3,(H,20,21)/t12-/m0/s1. The molecule has 2 heterocycles. The number of rotatable bonds is 4. The van der Waals surface area contributed by atoms with Gasteiger partial charge in [0.2, 0.25) is 5.91 Å². The minimum Gasteiger partial charge on any atom is -0.481 e. The third-order valence-electron chi connectivity index (χ3n) is 4.46. The van der Waals surface area contributed by atoms with Gasteiger partial charge in [-0.15, -0.1) is 4.40 Å². The van der Waals surface area contributed by atoms with Crippen molar-refractivity contribution in [2.45, 2.75) is 30.2 Å². The molecule has 25 heavy (non-hydrogen) atoms. The van der Waals surface area contributed by atoms with Gasteiger partial charge in [-0.3, -0.25) is 9.59 Å².